The van der Waals surface area contributed by atoms with Crippen molar-refractivity contribution in [3.8, 4) is 5.75 Å². The van der Waals surface area contributed by atoms with Gasteiger partial charge in [0.2, 0.25) is 6.23 Å². The zero-order valence-corrected chi connectivity index (χ0v) is 17.2. The first kappa shape index (κ1) is 18.7. The zero-order valence-electron chi connectivity index (χ0n) is 14.9. The molecule has 0 saturated heterocycles. The lowest BCUT2D eigenvalue weighted by molar-refractivity contribution is -0.0189. The van der Waals surface area contributed by atoms with Crippen molar-refractivity contribution in [1.82, 2.24) is 5.01 Å². The first-order valence-electron chi connectivity index (χ1n) is 9.02. The molecule has 0 saturated carbocycles. The van der Waals surface area contributed by atoms with Gasteiger partial charge in [-0.05, 0) is 42.0 Å². The predicted molar refractivity (Wildman–Crippen MR) is 113 cm³/mol. The van der Waals surface area contributed by atoms with E-state index in [0.717, 1.165) is 22.4 Å². The van der Waals surface area contributed by atoms with Crippen LogP contribution in [0.5, 0.6) is 5.75 Å². The number of hydrogen-bond acceptors (Lipinski definition) is 3. The van der Waals surface area contributed by atoms with Crippen molar-refractivity contribution < 1.29 is 9.13 Å². The number of hydrazone groups is 1. The van der Waals surface area contributed by atoms with E-state index in [1.807, 2.05) is 35.3 Å². The lowest BCUT2D eigenvalue weighted by Crippen LogP contribution is -2.33. The average Bonchev–Trinajstić information content (AvgIpc) is 3.14. The Morgan fingerprint density at radius 2 is 1.66 bits per heavy atom. The van der Waals surface area contributed by atoms with Gasteiger partial charge < -0.3 is 4.74 Å². The van der Waals surface area contributed by atoms with Crippen LogP contribution in [-0.4, -0.2) is 10.7 Å². The monoisotopic (exact) mass is 446 g/mol. The lowest BCUT2D eigenvalue weighted by Gasteiger charge is -2.38. The Balaban J connectivity index is 1.62. The Labute approximate surface area is 182 Å². The van der Waals surface area contributed by atoms with Crippen molar-refractivity contribution >= 4 is 40.5 Å². The van der Waals surface area contributed by atoms with E-state index < -0.39 is 6.23 Å². The second-order valence-corrected chi connectivity index (χ2v) is 8.26. The van der Waals surface area contributed by atoms with Gasteiger partial charge in [-0.1, -0.05) is 59.1 Å². The van der Waals surface area contributed by atoms with Gasteiger partial charge in [-0.25, -0.2) is 9.40 Å². The van der Waals surface area contributed by atoms with Crippen LogP contribution in [0.15, 0.2) is 65.8 Å². The lowest BCUT2D eigenvalue weighted by atomic mass is 9.96. The molecule has 0 bridgehead atoms. The van der Waals surface area contributed by atoms with E-state index >= 15 is 0 Å². The SMILES string of the molecule is Fc1ccc([C@H]2Oc3c(Cl)cc(Cl)cc3[C@@H]3CC(c4ccc(Cl)cc4)=NN23)cc1. The van der Waals surface area contributed by atoms with E-state index in [0.29, 0.717) is 27.2 Å². The first-order chi connectivity index (χ1) is 14.0. The molecule has 0 aromatic heterocycles. The van der Waals surface area contributed by atoms with Gasteiger partial charge in [-0.2, -0.15) is 5.10 Å². The van der Waals surface area contributed by atoms with Crippen molar-refractivity contribution in [1.29, 1.82) is 0 Å². The van der Waals surface area contributed by atoms with E-state index in [-0.39, 0.29) is 11.9 Å². The van der Waals surface area contributed by atoms with Gasteiger partial charge in [-0.3, -0.25) is 0 Å². The summed E-state index contributed by atoms with van der Waals surface area (Å²) >= 11 is 18.7. The molecule has 3 nitrogen and oxygen atoms in total. The summed E-state index contributed by atoms with van der Waals surface area (Å²) in [6, 6.07) is 17.2. The van der Waals surface area contributed by atoms with Crippen LogP contribution in [0.4, 0.5) is 4.39 Å². The summed E-state index contributed by atoms with van der Waals surface area (Å²) in [6.07, 6.45) is 0.128. The van der Waals surface area contributed by atoms with Crippen molar-refractivity contribution in [2.24, 2.45) is 5.10 Å². The van der Waals surface area contributed by atoms with Crippen LogP contribution >= 0.6 is 34.8 Å². The predicted octanol–water partition coefficient (Wildman–Crippen LogP) is 7.03. The van der Waals surface area contributed by atoms with E-state index in [1.54, 1.807) is 18.2 Å². The summed E-state index contributed by atoms with van der Waals surface area (Å²) in [5.74, 6) is 0.275. The van der Waals surface area contributed by atoms with Crippen LogP contribution < -0.4 is 4.74 Å². The van der Waals surface area contributed by atoms with E-state index in [4.69, 9.17) is 44.6 Å². The highest BCUT2D eigenvalue weighted by Gasteiger charge is 2.42. The molecule has 2 heterocycles. The summed E-state index contributed by atoms with van der Waals surface area (Å²) in [4.78, 5) is 0. The second kappa shape index (κ2) is 7.21. The number of fused-ring (bicyclic) bond motifs is 3. The van der Waals surface area contributed by atoms with Crippen molar-refractivity contribution in [2.45, 2.75) is 18.7 Å². The fourth-order valence-electron chi connectivity index (χ4n) is 3.78. The van der Waals surface area contributed by atoms with Crippen molar-refractivity contribution in [3.63, 3.8) is 0 Å². The van der Waals surface area contributed by atoms with Crippen LogP contribution in [0.2, 0.25) is 15.1 Å². The maximum absolute atomic E-state index is 13.5. The minimum atomic E-state index is -0.531. The summed E-state index contributed by atoms with van der Waals surface area (Å²) in [6.45, 7) is 0. The molecule has 0 aliphatic carbocycles. The van der Waals surface area contributed by atoms with E-state index in [1.165, 1.54) is 12.1 Å². The highest BCUT2D eigenvalue weighted by Crippen LogP contribution is 2.50. The molecule has 0 spiro atoms. The number of rotatable bonds is 2. The number of hydrogen-bond donors (Lipinski definition) is 0. The fourth-order valence-corrected chi connectivity index (χ4v) is 4.46. The zero-order chi connectivity index (χ0) is 20.1. The van der Waals surface area contributed by atoms with Crippen molar-refractivity contribution in [2.75, 3.05) is 0 Å². The molecule has 146 valence electrons. The average molecular weight is 448 g/mol. The molecule has 3 aromatic rings. The van der Waals surface area contributed by atoms with E-state index in [9.17, 15) is 4.39 Å². The third-order valence-corrected chi connectivity index (χ3v) is 5.89. The van der Waals surface area contributed by atoms with Gasteiger partial charge >= 0.3 is 0 Å². The molecule has 2 aliphatic rings. The molecule has 29 heavy (non-hydrogen) atoms. The van der Waals surface area contributed by atoms with Gasteiger partial charge in [0.1, 0.15) is 11.6 Å². The molecule has 0 N–H and O–H groups in total. The minimum Gasteiger partial charge on any atom is -0.463 e. The Morgan fingerprint density at radius 3 is 2.38 bits per heavy atom. The minimum absolute atomic E-state index is 0.101. The topological polar surface area (TPSA) is 24.8 Å². The number of halogens is 4. The van der Waals surface area contributed by atoms with Crippen molar-refractivity contribution in [3.05, 3.63) is 98.2 Å². The second-order valence-electron chi connectivity index (χ2n) is 6.98. The summed E-state index contributed by atoms with van der Waals surface area (Å²) < 4.78 is 19.7. The molecule has 0 radical (unpaired) electrons. The van der Waals surface area contributed by atoms with Gasteiger partial charge in [0.25, 0.3) is 0 Å². The van der Waals surface area contributed by atoms with Crippen LogP contribution in [0.1, 0.15) is 35.4 Å². The summed E-state index contributed by atoms with van der Waals surface area (Å²) in [5, 5.41) is 8.40. The third-order valence-electron chi connectivity index (χ3n) is 5.14. The van der Waals surface area contributed by atoms with Crippen LogP contribution in [0.3, 0.4) is 0 Å². The van der Waals surface area contributed by atoms with E-state index in [2.05, 4.69) is 0 Å². The Morgan fingerprint density at radius 1 is 0.931 bits per heavy atom. The third kappa shape index (κ3) is 3.35. The van der Waals surface area contributed by atoms with Crippen LogP contribution in [-0.2, 0) is 0 Å². The van der Waals surface area contributed by atoms with Gasteiger partial charge in [0.05, 0.1) is 16.8 Å². The standard InChI is InChI=1S/C22H14Cl3FN2O/c23-14-5-1-12(2-6-14)19-11-20-17-9-15(24)10-18(25)21(17)29-22(28(20)27-19)13-3-7-16(26)8-4-13/h1-10,20,22H,11H2/t20-,22+/m0/s1. The Hall–Kier alpha value is -2.27. The summed E-state index contributed by atoms with van der Waals surface area (Å²) in [7, 11) is 0. The molecule has 0 amide bonds. The Kier molecular flexibility index (Phi) is 4.66. The maximum atomic E-state index is 13.5. The molecule has 7 heteroatoms. The molecule has 2 aliphatic heterocycles. The molecular weight excluding hydrogens is 434 g/mol. The number of nitrogens with zero attached hydrogens (tertiary/aromatic N) is 2. The van der Waals surface area contributed by atoms with Gasteiger partial charge in [-0.15, -0.1) is 0 Å². The van der Waals surface area contributed by atoms with Crippen LogP contribution in [0.25, 0.3) is 0 Å². The Bertz CT molecular complexity index is 1120. The fraction of sp³-hybridized carbons (Fsp3) is 0.136. The quantitative estimate of drug-likeness (QED) is 0.421. The molecule has 5 rings (SSSR count). The highest BCUT2D eigenvalue weighted by molar-refractivity contribution is 6.35. The van der Waals surface area contributed by atoms with Gasteiger partial charge in [0.15, 0.2) is 0 Å². The normalized spacial score (nSPS) is 20.0. The number of ether oxygens (including phenoxy) is 1. The van der Waals surface area contributed by atoms with Crippen LogP contribution in [0, 0.1) is 5.82 Å². The maximum Gasteiger partial charge on any atom is 0.213 e. The highest BCUT2D eigenvalue weighted by atomic mass is 35.5. The molecular formula is C22H14Cl3FN2O. The molecule has 0 fully saturated rings. The van der Waals surface area contributed by atoms with Gasteiger partial charge in [0, 0.05) is 27.6 Å². The molecule has 3 aromatic carbocycles. The first-order valence-corrected chi connectivity index (χ1v) is 10.2. The molecule has 0 unspecified atom stereocenters. The number of benzene rings is 3. The smallest absolute Gasteiger partial charge is 0.213 e. The molecule has 2 atom stereocenters. The largest absolute Gasteiger partial charge is 0.463 e. The summed E-state index contributed by atoms with van der Waals surface area (Å²) in [5.41, 5.74) is 3.56.